The maximum atomic E-state index is 13.3. The number of carbonyl (C=O) groups is 1. The third kappa shape index (κ3) is 4.15. The maximum absolute atomic E-state index is 13.3. The van der Waals surface area contributed by atoms with E-state index in [2.05, 4.69) is 5.32 Å². The summed E-state index contributed by atoms with van der Waals surface area (Å²) >= 11 is 6.27. The van der Waals surface area contributed by atoms with Gasteiger partial charge in [-0.15, -0.1) is 0 Å². The molecule has 2 aromatic rings. The topological polar surface area (TPSA) is 46.5 Å². The molecule has 0 unspecified atom stereocenters. The van der Waals surface area contributed by atoms with Crippen LogP contribution in [0.25, 0.3) is 0 Å². The highest BCUT2D eigenvalue weighted by atomic mass is 35.5. The zero-order chi connectivity index (χ0) is 22.4. The maximum Gasteiger partial charge on any atom is 0.431 e. The van der Waals surface area contributed by atoms with Crippen molar-refractivity contribution < 1.29 is 22.7 Å². The van der Waals surface area contributed by atoms with E-state index in [0.29, 0.717) is 54.5 Å². The Morgan fingerprint density at radius 2 is 1.87 bits per heavy atom. The molecule has 0 saturated carbocycles. The number of hydrogen-bond donors (Lipinski definition) is 1. The fourth-order valence-electron chi connectivity index (χ4n) is 4.56. The Hall–Kier alpha value is -2.19. The van der Waals surface area contributed by atoms with Crippen LogP contribution in [0.1, 0.15) is 48.4 Å². The van der Waals surface area contributed by atoms with Gasteiger partial charge in [0.15, 0.2) is 0 Å². The SMILES string of the molecule is CC(C)Oc1ccc(C(=O)N2CCC3(CC2)NCCn2c(C(F)(F)F)ccc23)cc1Cl. The third-order valence-corrected chi connectivity index (χ3v) is 6.30. The van der Waals surface area contributed by atoms with Crippen molar-refractivity contribution in [1.29, 1.82) is 0 Å². The lowest BCUT2D eigenvalue weighted by Crippen LogP contribution is -2.56. The van der Waals surface area contributed by atoms with E-state index in [0.717, 1.165) is 6.07 Å². The molecule has 1 spiro atoms. The van der Waals surface area contributed by atoms with Gasteiger partial charge in [0.1, 0.15) is 11.4 Å². The standard InChI is InChI=1S/C22H25ClF3N3O2/c1-14(2)31-17-4-3-15(13-16(17)23)20(30)28-10-7-21(8-11-28)18-5-6-19(22(24,25)26)29(18)12-9-27-21/h3-6,13-14,27H,7-12H2,1-2H3. The number of amides is 1. The van der Waals surface area contributed by atoms with Crippen LogP contribution < -0.4 is 10.1 Å². The summed E-state index contributed by atoms with van der Waals surface area (Å²) in [5, 5.41) is 3.80. The number of nitrogens with zero attached hydrogens (tertiary/aromatic N) is 2. The average Bonchev–Trinajstić information content (AvgIpc) is 3.16. The summed E-state index contributed by atoms with van der Waals surface area (Å²) in [4.78, 5) is 14.7. The Morgan fingerprint density at radius 3 is 2.48 bits per heavy atom. The Morgan fingerprint density at radius 1 is 1.16 bits per heavy atom. The van der Waals surface area contributed by atoms with Gasteiger partial charge in [0.25, 0.3) is 5.91 Å². The number of aromatic nitrogens is 1. The molecule has 1 saturated heterocycles. The van der Waals surface area contributed by atoms with E-state index in [1.807, 2.05) is 13.8 Å². The molecule has 0 atom stereocenters. The molecule has 1 amide bonds. The minimum atomic E-state index is -4.38. The van der Waals surface area contributed by atoms with Crippen molar-refractivity contribution in [2.24, 2.45) is 0 Å². The number of hydrogen-bond acceptors (Lipinski definition) is 3. The number of piperidine rings is 1. The number of halogens is 4. The fourth-order valence-corrected chi connectivity index (χ4v) is 4.79. The van der Waals surface area contributed by atoms with Crippen molar-refractivity contribution in [3.63, 3.8) is 0 Å². The predicted octanol–water partition coefficient (Wildman–Crippen LogP) is 4.68. The minimum absolute atomic E-state index is 0.0304. The van der Waals surface area contributed by atoms with Crippen LogP contribution in [0.5, 0.6) is 5.75 Å². The van der Waals surface area contributed by atoms with Gasteiger partial charge in [-0.3, -0.25) is 4.79 Å². The first kappa shape index (κ1) is 22.0. The first-order chi connectivity index (χ1) is 14.6. The lowest BCUT2D eigenvalue weighted by Gasteiger charge is -2.45. The lowest BCUT2D eigenvalue weighted by molar-refractivity contribution is -0.144. The van der Waals surface area contributed by atoms with Gasteiger partial charge in [-0.25, -0.2) is 0 Å². The number of rotatable bonds is 3. The van der Waals surface area contributed by atoms with Crippen LogP contribution in [0, 0.1) is 0 Å². The number of likely N-dealkylation sites (tertiary alicyclic amines) is 1. The van der Waals surface area contributed by atoms with E-state index in [1.54, 1.807) is 29.2 Å². The minimum Gasteiger partial charge on any atom is -0.489 e. The molecular formula is C22H25ClF3N3O2. The smallest absolute Gasteiger partial charge is 0.431 e. The molecule has 5 nitrogen and oxygen atoms in total. The number of alkyl halides is 3. The molecule has 1 fully saturated rings. The fraction of sp³-hybridized carbons (Fsp3) is 0.500. The summed E-state index contributed by atoms with van der Waals surface area (Å²) in [5.41, 5.74) is -0.0430. The first-order valence-corrected chi connectivity index (χ1v) is 10.8. The van der Waals surface area contributed by atoms with E-state index in [1.165, 1.54) is 4.57 Å². The molecule has 2 aliphatic rings. The average molecular weight is 456 g/mol. The number of nitrogens with one attached hydrogen (secondary N) is 1. The van der Waals surface area contributed by atoms with E-state index in [4.69, 9.17) is 16.3 Å². The molecular weight excluding hydrogens is 431 g/mol. The van der Waals surface area contributed by atoms with Crippen molar-refractivity contribution in [2.45, 2.75) is 51.1 Å². The highest BCUT2D eigenvalue weighted by Gasteiger charge is 2.44. The molecule has 1 aromatic heterocycles. The molecule has 1 N–H and O–H groups in total. The summed E-state index contributed by atoms with van der Waals surface area (Å²) in [7, 11) is 0. The Balaban J connectivity index is 1.49. The van der Waals surface area contributed by atoms with Gasteiger partial charge in [-0.2, -0.15) is 13.2 Å². The van der Waals surface area contributed by atoms with Crippen LogP contribution in [0.15, 0.2) is 30.3 Å². The third-order valence-electron chi connectivity index (χ3n) is 6.01. The lowest BCUT2D eigenvalue weighted by atomic mass is 9.83. The van der Waals surface area contributed by atoms with Gasteiger partial charge < -0.3 is 19.5 Å². The summed E-state index contributed by atoms with van der Waals surface area (Å²) in [6.07, 6.45) is -3.32. The summed E-state index contributed by atoms with van der Waals surface area (Å²) in [5.74, 6) is 0.383. The highest BCUT2D eigenvalue weighted by Crippen LogP contribution is 2.40. The number of benzene rings is 1. The Bertz CT molecular complexity index is 979. The van der Waals surface area contributed by atoms with Crippen molar-refractivity contribution in [2.75, 3.05) is 19.6 Å². The van der Waals surface area contributed by atoms with Crippen molar-refractivity contribution >= 4 is 17.5 Å². The van der Waals surface area contributed by atoms with Crippen LogP contribution in [0.4, 0.5) is 13.2 Å². The van der Waals surface area contributed by atoms with Crippen LogP contribution in [0.3, 0.4) is 0 Å². The van der Waals surface area contributed by atoms with Crippen LogP contribution in [-0.2, 0) is 18.3 Å². The van der Waals surface area contributed by atoms with Crippen molar-refractivity contribution in [3.05, 3.63) is 52.3 Å². The zero-order valence-electron chi connectivity index (χ0n) is 17.4. The van der Waals surface area contributed by atoms with Gasteiger partial charge in [0.05, 0.1) is 16.7 Å². The van der Waals surface area contributed by atoms with E-state index in [9.17, 15) is 18.0 Å². The van der Waals surface area contributed by atoms with Crippen LogP contribution in [0.2, 0.25) is 5.02 Å². The molecule has 31 heavy (non-hydrogen) atoms. The summed E-state index contributed by atoms with van der Waals surface area (Å²) < 4.78 is 47.0. The van der Waals surface area contributed by atoms with Gasteiger partial charge >= 0.3 is 6.18 Å². The quantitative estimate of drug-likeness (QED) is 0.730. The predicted molar refractivity (Wildman–Crippen MR) is 111 cm³/mol. The van der Waals surface area contributed by atoms with Crippen molar-refractivity contribution in [1.82, 2.24) is 14.8 Å². The van der Waals surface area contributed by atoms with Crippen molar-refractivity contribution in [3.8, 4) is 5.75 Å². The van der Waals surface area contributed by atoms with Gasteiger partial charge in [0.2, 0.25) is 0 Å². The van der Waals surface area contributed by atoms with Gasteiger partial charge in [-0.1, -0.05) is 11.6 Å². The monoisotopic (exact) mass is 455 g/mol. The highest BCUT2D eigenvalue weighted by molar-refractivity contribution is 6.32. The van der Waals surface area contributed by atoms with Crippen LogP contribution in [-0.4, -0.2) is 41.1 Å². The van der Waals surface area contributed by atoms with E-state index in [-0.39, 0.29) is 18.6 Å². The molecule has 168 valence electrons. The summed E-state index contributed by atoms with van der Waals surface area (Å²) in [6, 6.07) is 7.71. The number of ether oxygens (including phenoxy) is 1. The van der Waals surface area contributed by atoms with Gasteiger partial charge in [-0.05, 0) is 57.0 Å². The second kappa shape index (κ2) is 8.06. The van der Waals surface area contributed by atoms with Gasteiger partial charge in [0, 0.05) is 37.4 Å². The second-order valence-electron chi connectivity index (χ2n) is 8.37. The normalized spacial score (nSPS) is 18.4. The zero-order valence-corrected chi connectivity index (χ0v) is 18.2. The van der Waals surface area contributed by atoms with Crippen LogP contribution >= 0.6 is 11.6 Å². The van der Waals surface area contributed by atoms with E-state index < -0.39 is 17.4 Å². The molecule has 2 aliphatic heterocycles. The Labute approximate surface area is 184 Å². The first-order valence-electron chi connectivity index (χ1n) is 10.4. The number of fused-ring (bicyclic) bond motifs is 2. The summed E-state index contributed by atoms with van der Waals surface area (Å²) in [6.45, 7) is 5.43. The van der Waals surface area contributed by atoms with E-state index >= 15 is 0 Å². The largest absolute Gasteiger partial charge is 0.489 e. The molecule has 0 aliphatic carbocycles. The number of carbonyl (C=O) groups excluding carboxylic acids is 1. The second-order valence-corrected chi connectivity index (χ2v) is 8.77. The molecule has 1 aromatic carbocycles. The Kier molecular flexibility index (Phi) is 5.72. The molecule has 3 heterocycles. The molecule has 4 rings (SSSR count). The molecule has 9 heteroatoms. The molecule has 0 radical (unpaired) electrons. The molecule has 0 bridgehead atoms.